The standard InChI is InChI=1S/C12H25N3O2/c1-10-8-15(6-4-5-14(2)3)9-11(7-13-10)12(16)17/h10-11,13H,4-9H2,1-3H3,(H,16,17). The number of carboxylic acids is 1. The number of carboxylic acid groups (broad SMARTS) is 1. The fourth-order valence-electron chi connectivity index (χ4n) is 2.20. The Hall–Kier alpha value is -0.650. The highest BCUT2D eigenvalue weighted by Crippen LogP contribution is 2.07. The second-order valence-electron chi connectivity index (χ2n) is 5.26. The first-order valence-corrected chi connectivity index (χ1v) is 6.32. The minimum atomic E-state index is -0.691. The zero-order chi connectivity index (χ0) is 12.8. The number of hydrogen-bond acceptors (Lipinski definition) is 4. The lowest BCUT2D eigenvalue weighted by Crippen LogP contribution is -2.36. The van der Waals surface area contributed by atoms with Gasteiger partial charge in [0.25, 0.3) is 0 Å². The molecule has 5 heteroatoms. The van der Waals surface area contributed by atoms with E-state index in [-0.39, 0.29) is 5.92 Å². The first kappa shape index (κ1) is 14.4. The SMILES string of the molecule is CC1CN(CCCN(C)C)CC(C(=O)O)CN1. The topological polar surface area (TPSA) is 55.8 Å². The highest BCUT2D eigenvalue weighted by molar-refractivity contribution is 5.70. The Bertz CT molecular complexity index is 246. The molecular weight excluding hydrogens is 218 g/mol. The zero-order valence-corrected chi connectivity index (χ0v) is 11.1. The van der Waals surface area contributed by atoms with Crippen LogP contribution >= 0.6 is 0 Å². The maximum Gasteiger partial charge on any atom is 0.309 e. The number of hydrogen-bond donors (Lipinski definition) is 2. The zero-order valence-electron chi connectivity index (χ0n) is 11.1. The van der Waals surface area contributed by atoms with Crippen LogP contribution in [0.4, 0.5) is 0 Å². The smallest absolute Gasteiger partial charge is 0.309 e. The van der Waals surface area contributed by atoms with E-state index < -0.39 is 5.97 Å². The van der Waals surface area contributed by atoms with Crippen molar-refractivity contribution in [2.45, 2.75) is 19.4 Å². The Morgan fingerprint density at radius 2 is 2.18 bits per heavy atom. The molecule has 0 amide bonds. The van der Waals surface area contributed by atoms with E-state index in [1.807, 2.05) is 0 Å². The molecule has 2 atom stereocenters. The fourth-order valence-corrected chi connectivity index (χ4v) is 2.20. The highest BCUT2D eigenvalue weighted by atomic mass is 16.4. The monoisotopic (exact) mass is 243 g/mol. The van der Waals surface area contributed by atoms with Crippen molar-refractivity contribution in [2.75, 3.05) is 46.8 Å². The molecule has 2 N–H and O–H groups in total. The molecule has 2 unspecified atom stereocenters. The van der Waals surface area contributed by atoms with Crippen LogP contribution in [0.2, 0.25) is 0 Å². The molecule has 0 aromatic heterocycles. The van der Waals surface area contributed by atoms with Gasteiger partial charge in [0.1, 0.15) is 0 Å². The van der Waals surface area contributed by atoms with E-state index in [0.29, 0.717) is 19.1 Å². The number of nitrogens with zero attached hydrogens (tertiary/aromatic N) is 2. The summed E-state index contributed by atoms with van der Waals surface area (Å²) in [6, 6.07) is 0.374. The number of aliphatic carboxylic acids is 1. The lowest BCUT2D eigenvalue weighted by atomic mass is 10.1. The van der Waals surface area contributed by atoms with Crippen molar-refractivity contribution in [3.05, 3.63) is 0 Å². The van der Waals surface area contributed by atoms with Crippen LogP contribution in [0.3, 0.4) is 0 Å². The number of rotatable bonds is 5. The van der Waals surface area contributed by atoms with Crippen molar-refractivity contribution in [3.63, 3.8) is 0 Å². The summed E-state index contributed by atoms with van der Waals surface area (Å²) in [6.45, 7) is 6.34. The van der Waals surface area contributed by atoms with Crippen LogP contribution in [0.25, 0.3) is 0 Å². The molecule has 0 radical (unpaired) electrons. The Labute approximate surface area is 104 Å². The van der Waals surface area contributed by atoms with Gasteiger partial charge in [-0.25, -0.2) is 0 Å². The summed E-state index contributed by atoms with van der Waals surface area (Å²) in [4.78, 5) is 15.5. The van der Waals surface area contributed by atoms with E-state index in [2.05, 4.69) is 36.1 Å². The van der Waals surface area contributed by atoms with Gasteiger partial charge >= 0.3 is 5.97 Å². The van der Waals surface area contributed by atoms with Crippen molar-refractivity contribution in [2.24, 2.45) is 5.92 Å². The predicted molar refractivity (Wildman–Crippen MR) is 68.2 cm³/mol. The van der Waals surface area contributed by atoms with E-state index in [0.717, 1.165) is 26.1 Å². The third-order valence-electron chi connectivity index (χ3n) is 3.15. The molecule has 0 aromatic rings. The molecule has 1 rings (SSSR count). The van der Waals surface area contributed by atoms with E-state index in [9.17, 15) is 4.79 Å². The van der Waals surface area contributed by atoms with E-state index in [4.69, 9.17) is 5.11 Å². The highest BCUT2D eigenvalue weighted by Gasteiger charge is 2.25. The molecule has 1 saturated heterocycles. The predicted octanol–water partition coefficient (Wildman–Crippen LogP) is -0.0674. The molecule has 5 nitrogen and oxygen atoms in total. The van der Waals surface area contributed by atoms with Crippen LogP contribution in [-0.4, -0.2) is 73.7 Å². The average molecular weight is 243 g/mol. The quantitative estimate of drug-likeness (QED) is 0.708. The van der Waals surface area contributed by atoms with Crippen molar-refractivity contribution < 1.29 is 9.90 Å². The van der Waals surface area contributed by atoms with Crippen molar-refractivity contribution in [1.29, 1.82) is 0 Å². The summed E-state index contributed by atoms with van der Waals surface area (Å²) >= 11 is 0. The largest absolute Gasteiger partial charge is 0.481 e. The first-order chi connectivity index (χ1) is 7.99. The van der Waals surface area contributed by atoms with Gasteiger partial charge in [-0.2, -0.15) is 0 Å². The van der Waals surface area contributed by atoms with Crippen molar-refractivity contribution in [1.82, 2.24) is 15.1 Å². The third kappa shape index (κ3) is 5.48. The van der Waals surface area contributed by atoms with Gasteiger partial charge in [-0.1, -0.05) is 0 Å². The van der Waals surface area contributed by atoms with E-state index in [1.54, 1.807) is 0 Å². The van der Waals surface area contributed by atoms with Crippen LogP contribution in [0.15, 0.2) is 0 Å². The van der Waals surface area contributed by atoms with Gasteiger partial charge in [-0.15, -0.1) is 0 Å². The van der Waals surface area contributed by atoms with Gasteiger partial charge in [0.2, 0.25) is 0 Å². The Morgan fingerprint density at radius 3 is 2.76 bits per heavy atom. The lowest BCUT2D eigenvalue weighted by molar-refractivity contribution is -0.141. The molecule has 17 heavy (non-hydrogen) atoms. The molecule has 1 heterocycles. The Balaban J connectivity index is 2.42. The van der Waals surface area contributed by atoms with Gasteiger partial charge in [-0.3, -0.25) is 4.79 Å². The fraction of sp³-hybridized carbons (Fsp3) is 0.917. The summed E-state index contributed by atoms with van der Waals surface area (Å²) < 4.78 is 0. The van der Waals surface area contributed by atoms with Gasteiger partial charge in [0.05, 0.1) is 5.92 Å². The van der Waals surface area contributed by atoms with Crippen LogP contribution < -0.4 is 5.32 Å². The van der Waals surface area contributed by atoms with Crippen LogP contribution in [-0.2, 0) is 4.79 Å². The van der Waals surface area contributed by atoms with Gasteiger partial charge in [-0.05, 0) is 40.5 Å². The van der Waals surface area contributed by atoms with Crippen LogP contribution in [0.1, 0.15) is 13.3 Å². The normalized spacial score (nSPS) is 27.1. The Morgan fingerprint density at radius 1 is 1.47 bits per heavy atom. The lowest BCUT2D eigenvalue weighted by Gasteiger charge is -2.24. The minimum Gasteiger partial charge on any atom is -0.481 e. The molecule has 0 bridgehead atoms. The third-order valence-corrected chi connectivity index (χ3v) is 3.15. The molecule has 1 aliphatic heterocycles. The molecule has 0 spiro atoms. The molecule has 100 valence electrons. The maximum atomic E-state index is 11.1. The number of carbonyl (C=O) groups is 1. The first-order valence-electron chi connectivity index (χ1n) is 6.32. The second kappa shape index (κ2) is 6.93. The molecule has 0 saturated carbocycles. The average Bonchev–Trinajstić information content (AvgIpc) is 2.39. The van der Waals surface area contributed by atoms with Crippen molar-refractivity contribution >= 4 is 5.97 Å². The van der Waals surface area contributed by atoms with Gasteiger partial charge in [0, 0.05) is 25.7 Å². The molecule has 0 aliphatic carbocycles. The minimum absolute atomic E-state index is 0.278. The Kier molecular flexibility index (Phi) is 5.88. The molecule has 1 fully saturated rings. The summed E-state index contributed by atoms with van der Waals surface area (Å²) in [5, 5.41) is 12.4. The number of nitrogens with one attached hydrogen (secondary N) is 1. The molecular formula is C12H25N3O2. The van der Waals surface area contributed by atoms with E-state index in [1.165, 1.54) is 0 Å². The summed E-state index contributed by atoms with van der Waals surface area (Å²) in [5.41, 5.74) is 0. The molecule has 1 aliphatic rings. The van der Waals surface area contributed by atoms with Gasteiger partial charge < -0.3 is 20.2 Å². The molecule has 0 aromatic carbocycles. The van der Waals surface area contributed by atoms with Gasteiger partial charge in [0.15, 0.2) is 0 Å². The maximum absolute atomic E-state index is 11.1. The van der Waals surface area contributed by atoms with E-state index >= 15 is 0 Å². The second-order valence-corrected chi connectivity index (χ2v) is 5.26. The van der Waals surface area contributed by atoms with Crippen LogP contribution in [0, 0.1) is 5.92 Å². The van der Waals surface area contributed by atoms with Crippen LogP contribution in [0.5, 0.6) is 0 Å². The summed E-state index contributed by atoms with van der Waals surface area (Å²) in [5.74, 6) is -0.969. The summed E-state index contributed by atoms with van der Waals surface area (Å²) in [7, 11) is 4.12. The summed E-state index contributed by atoms with van der Waals surface area (Å²) in [6.07, 6.45) is 1.09. The van der Waals surface area contributed by atoms with Crippen molar-refractivity contribution in [3.8, 4) is 0 Å².